The third-order valence-corrected chi connectivity index (χ3v) is 3.61. The normalized spacial score (nSPS) is 11.1. The molecular formula is C17H37NO2. The van der Waals surface area contributed by atoms with E-state index in [2.05, 4.69) is 12.4 Å². The number of unbranched alkanes of at least 4 members (excludes halogenated alkanes) is 11. The molecule has 20 heavy (non-hydrogen) atoms. The molecule has 0 saturated carbocycles. The lowest BCUT2D eigenvalue weighted by molar-refractivity contribution is 0.0248. The van der Waals surface area contributed by atoms with Crippen molar-refractivity contribution >= 4 is 0 Å². The van der Waals surface area contributed by atoms with Crippen LogP contribution in [0.25, 0.3) is 0 Å². The van der Waals surface area contributed by atoms with Crippen molar-refractivity contribution in [3.8, 4) is 0 Å². The standard InChI is InChI=1S/C17H37NO2/c1-3-4-5-6-7-8-9-10-11-12-13-14-16-20-18-15-17-19-2/h18H,3-17H2,1-2H3. The molecule has 0 heterocycles. The van der Waals surface area contributed by atoms with Crippen LogP contribution in [0.15, 0.2) is 0 Å². The number of methoxy groups -OCH3 is 1. The highest BCUT2D eigenvalue weighted by atomic mass is 16.6. The molecule has 0 saturated heterocycles. The van der Waals surface area contributed by atoms with Crippen LogP contribution in [0.2, 0.25) is 0 Å². The lowest BCUT2D eigenvalue weighted by atomic mass is 10.1. The fourth-order valence-electron chi connectivity index (χ4n) is 2.30. The second-order valence-electron chi connectivity index (χ2n) is 5.62. The molecule has 0 aliphatic rings. The average molecular weight is 287 g/mol. The predicted molar refractivity (Wildman–Crippen MR) is 86.9 cm³/mol. The molecule has 0 aromatic carbocycles. The van der Waals surface area contributed by atoms with E-state index in [0.717, 1.165) is 19.6 Å². The van der Waals surface area contributed by atoms with Gasteiger partial charge in [-0.05, 0) is 6.42 Å². The second kappa shape index (κ2) is 18.9. The zero-order valence-corrected chi connectivity index (χ0v) is 13.9. The molecule has 0 amide bonds. The summed E-state index contributed by atoms with van der Waals surface area (Å²) in [4.78, 5) is 5.30. The van der Waals surface area contributed by atoms with Crippen molar-refractivity contribution in [3.63, 3.8) is 0 Å². The highest BCUT2D eigenvalue weighted by Crippen LogP contribution is 2.11. The van der Waals surface area contributed by atoms with Crippen molar-refractivity contribution < 1.29 is 9.57 Å². The van der Waals surface area contributed by atoms with Crippen LogP contribution in [0.4, 0.5) is 0 Å². The number of hydrogen-bond donors (Lipinski definition) is 1. The van der Waals surface area contributed by atoms with Crippen molar-refractivity contribution in [1.29, 1.82) is 0 Å². The number of nitrogens with one attached hydrogen (secondary N) is 1. The zero-order valence-electron chi connectivity index (χ0n) is 13.9. The van der Waals surface area contributed by atoms with Crippen LogP contribution >= 0.6 is 0 Å². The fourth-order valence-corrected chi connectivity index (χ4v) is 2.30. The van der Waals surface area contributed by atoms with E-state index < -0.39 is 0 Å². The van der Waals surface area contributed by atoms with E-state index >= 15 is 0 Å². The van der Waals surface area contributed by atoms with Crippen molar-refractivity contribution in [3.05, 3.63) is 0 Å². The molecule has 3 heteroatoms. The van der Waals surface area contributed by atoms with Gasteiger partial charge in [0.25, 0.3) is 0 Å². The van der Waals surface area contributed by atoms with Gasteiger partial charge in [0.05, 0.1) is 13.2 Å². The zero-order chi connectivity index (χ0) is 14.7. The van der Waals surface area contributed by atoms with Crippen molar-refractivity contribution in [2.75, 3.05) is 26.9 Å². The van der Waals surface area contributed by atoms with E-state index in [4.69, 9.17) is 9.57 Å². The first-order valence-electron chi connectivity index (χ1n) is 8.75. The summed E-state index contributed by atoms with van der Waals surface area (Å²) in [5, 5.41) is 0. The summed E-state index contributed by atoms with van der Waals surface area (Å²) in [6.07, 6.45) is 16.6. The Kier molecular flexibility index (Phi) is 18.8. The van der Waals surface area contributed by atoms with E-state index in [0.29, 0.717) is 6.61 Å². The van der Waals surface area contributed by atoms with E-state index in [1.54, 1.807) is 7.11 Å². The maximum Gasteiger partial charge on any atom is 0.0682 e. The van der Waals surface area contributed by atoms with Crippen LogP contribution in [-0.4, -0.2) is 26.9 Å². The molecular weight excluding hydrogens is 250 g/mol. The van der Waals surface area contributed by atoms with Crippen LogP contribution in [0.1, 0.15) is 84.0 Å². The van der Waals surface area contributed by atoms with Gasteiger partial charge in [-0.25, -0.2) is 5.48 Å². The van der Waals surface area contributed by atoms with E-state index in [-0.39, 0.29) is 0 Å². The van der Waals surface area contributed by atoms with Gasteiger partial charge in [0.1, 0.15) is 0 Å². The Bertz CT molecular complexity index is 147. The Hall–Kier alpha value is -0.120. The Morgan fingerprint density at radius 2 is 1.15 bits per heavy atom. The van der Waals surface area contributed by atoms with Crippen LogP contribution in [0.5, 0.6) is 0 Å². The first-order chi connectivity index (χ1) is 9.91. The summed E-state index contributed by atoms with van der Waals surface area (Å²) in [5.74, 6) is 0. The molecule has 0 bridgehead atoms. The minimum atomic E-state index is 0.707. The molecule has 0 aliphatic carbocycles. The number of rotatable bonds is 17. The van der Waals surface area contributed by atoms with Gasteiger partial charge in [-0.2, -0.15) is 0 Å². The summed E-state index contributed by atoms with van der Waals surface area (Å²) in [7, 11) is 1.70. The third kappa shape index (κ3) is 17.9. The van der Waals surface area contributed by atoms with Gasteiger partial charge in [-0.15, -0.1) is 0 Å². The summed E-state index contributed by atoms with van der Waals surface area (Å²) in [6.45, 7) is 4.58. The van der Waals surface area contributed by atoms with E-state index in [9.17, 15) is 0 Å². The molecule has 3 nitrogen and oxygen atoms in total. The van der Waals surface area contributed by atoms with Gasteiger partial charge in [-0.1, -0.05) is 77.6 Å². The Morgan fingerprint density at radius 1 is 0.650 bits per heavy atom. The minimum absolute atomic E-state index is 0.707. The first-order valence-corrected chi connectivity index (χ1v) is 8.75. The number of hydroxylamine groups is 1. The molecule has 0 unspecified atom stereocenters. The smallest absolute Gasteiger partial charge is 0.0682 e. The summed E-state index contributed by atoms with van der Waals surface area (Å²) in [6, 6.07) is 0. The Balaban J connectivity index is 2.89. The quantitative estimate of drug-likeness (QED) is 0.306. The Morgan fingerprint density at radius 3 is 1.65 bits per heavy atom. The molecule has 0 atom stereocenters. The molecule has 0 aromatic heterocycles. The van der Waals surface area contributed by atoms with Crippen molar-refractivity contribution in [2.24, 2.45) is 0 Å². The molecule has 0 rings (SSSR count). The van der Waals surface area contributed by atoms with Gasteiger partial charge < -0.3 is 9.57 Å². The molecule has 0 radical (unpaired) electrons. The largest absolute Gasteiger partial charge is 0.383 e. The monoisotopic (exact) mass is 287 g/mol. The lowest BCUT2D eigenvalue weighted by Crippen LogP contribution is -2.20. The van der Waals surface area contributed by atoms with Crippen molar-refractivity contribution in [1.82, 2.24) is 5.48 Å². The second-order valence-corrected chi connectivity index (χ2v) is 5.62. The molecule has 122 valence electrons. The fraction of sp³-hybridized carbons (Fsp3) is 1.00. The topological polar surface area (TPSA) is 30.5 Å². The Labute approximate surface area is 126 Å². The SMILES string of the molecule is CCCCCCCCCCCCCCONCCOC. The van der Waals surface area contributed by atoms with Gasteiger partial charge in [-0.3, -0.25) is 0 Å². The third-order valence-electron chi connectivity index (χ3n) is 3.61. The van der Waals surface area contributed by atoms with Gasteiger partial charge in [0.2, 0.25) is 0 Å². The molecule has 1 N–H and O–H groups in total. The van der Waals surface area contributed by atoms with Crippen LogP contribution < -0.4 is 5.48 Å². The van der Waals surface area contributed by atoms with Crippen LogP contribution in [0, 0.1) is 0 Å². The summed E-state index contributed by atoms with van der Waals surface area (Å²) in [5.41, 5.74) is 2.90. The lowest BCUT2D eigenvalue weighted by Gasteiger charge is -2.05. The highest BCUT2D eigenvalue weighted by Gasteiger charge is 1.94. The minimum Gasteiger partial charge on any atom is -0.383 e. The molecule has 0 aliphatic heterocycles. The number of hydrogen-bond acceptors (Lipinski definition) is 3. The van der Waals surface area contributed by atoms with Crippen LogP contribution in [-0.2, 0) is 9.57 Å². The molecule has 0 fully saturated rings. The number of ether oxygens (including phenoxy) is 1. The van der Waals surface area contributed by atoms with Crippen LogP contribution in [0.3, 0.4) is 0 Å². The first kappa shape index (κ1) is 19.9. The summed E-state index contributed by atoms with van der Waals surface area (Å²) >= 11 is 0. The van der Waals surface area contributed by atoms with Gasteiger partial charge >= 0.3 is 0 Å². The highest BCUT2D eigenvalue weighted by molar-refractivity contribution is 4.48. The van der Waals surface area contributed by atoms with Gasteiger partial charge in [0, 0.05) is 13.7 Å². The molecule has 0 aromatic rings. The van der Waals surface area contributed by atoms with E-state index in [1.165, 1.54) is 70.6 Å². The maximum absolute atomic E-state index is 5.30. The maximum atomic E-state index is 5.30. The molecule has 0 spiro atoms. The average Bonchev–Trinajstić information content (AvgIpc) is 2.47. The van der Waals surface area contributed by atoms with Gasteiger partial charge in [0.15, 0.2) is 0 Å². The summed E-state index contributed by atoms with van der Waals surface area (Å²) < 4.78 is 4.92. The van der Waals surface area contributed by atoms with E-state index in [1.807, 2.05) is 0 Å². The van der Waals surface area contributed by atoms with Crippen molar-refractivity contribution in [2.45, 2.75) is 84.0 Å². The predicted octanol–water partition coefficient (Wildman–Crippen LogP) is 4.86.